The highest BCUT2D eigenvalue weighted by atomic mass is 35.5. The minimum Gasteiger partial charge on any atom is -0.383 e. The summed E-state index contributed by atoms with van der Waals surface area (Å²) in [5, 5.41) is 8.25. The number of hydrogen-bond donors (Lipinski definition) is 1. The first-order valence-electron chi connectivity index (χ1n) is 7.84. The van der Waals surface area contributed by atoms with E-state index in [2.05, 4.69) is 15.4 Å². The number of rotatable bonds is 6. The Balaban J connectivity index is 2.03. The van der Waals surface area contributed by atoms with Gasteiger partial charge in [0.15, 0.2) is 5.82 Å². The predicted octanol–water partition coefficient (Wildman–Crippen LogP) is 3.62. The van der Waals surface area contributed by atoms with E-state index in [1.165, 1.54) is 0 Å². The third-order valence-electron chi connectivity index (χ3n) is 3.56. The number of nitrogens with zero attached hydrogens (tertiary/aromatic N) is 3. The maximum absolute atomic E-state index is 12.3. The first-order valence-corrected chi connectivity index (χ1v) is 8.60. The monoisotopic (exact) mass is 390 g/mol. The van der Waals surface area contributed by atoms with E-state index in [9.17, 15) is 4.79 Å². The number of halogens is 2. The lowest BCUT2D eigenvalue weighted by atomic mass is 10.2. The van der Waals surface area contributed by atoms with E-state index in [0.717, 1.165) is 11.3 Å². The summed E-state index contributed by atoms with van der Waals surface area (Å²) in [6.45, 7) is 0.780. The number of carbonyl (C=O) groups excluding carboxylic acids is 1. The maximum atomic E-state index is 12.3. The van der Waals surface area contributed by atoms with E-state index in [0.29, 0.717) is 29.0 Å². The molecule has 134 valence electrons. The zero-order chi connectivity index (χ0) is 18.5. The van der Waals surface area contributed by atoms with Crippen LogP contribution in [0.15, 0.2) is 48.5 Å². The smallest absolute Gasteiger partial charge is 0.291 e. The molecule has 0 fully saturated rings. The Morgan fingerprint density at radius 2 is 1.92 bits per heavy atom. The van der Waals surface area contributed by atoms with Crippen LogP contribution in [0, 0.1) is 0 Å². The molecule has 0 saturated heterocycles. The molecular weight excluding hydrogens is 375 g/mol. The van der Waals surface area contributed by atoms with Gasteiger partial charge in [0.2, 0.25) is 5.82 Å². The van der Waals surface area contributed by atoms with Crippen molar-refractivity contribution in [3.63, 3.8) is 0 Å². The number of methoxy groups -OCH3 is 1. The van der Waals surface area contributed by atoms with E-state index < -0.39 is 0 Å². The van der Waals surface area contributed by atoms with Crippen molar-refractivity contribution < 1.29 is 9.53 Å². The Hall–Kier alpha value is -2.41. The van der Waals surface area contributed by atoms with Gasteiger partial charge < -0.3 is 10.1 Å². The van der Waals surface area contributed by atoms with Gasteiger partial charge in [0, 0.05) is 29.3 Å². The van der Waals surface area contributed by atoms with Crippen LogP contribution < -0.4 is 5.32 Å². The molecule has 0 atom stereocenters. The van der Waals surface area contributed by atoms with Gasteiger partial charge in [-0.3, -0.25) is 4.79 Å². The molecule has 0 unspecified atom stereocenters. The van der Waals surface area contributed by atoms with Gasteiger partial charge in [0.25, 0.3) is 5.91 Å². The highest BCUT2D eigenvalue weighted by Crippen LogP contribution is 2.24. The van der Waals surface area contributed by atoms with Crippen molar-refractivity contribution >= 4 is 29.1 Å². The number of hydrogen-bond acceptors (Lipinski definition) is 4. The Kier molecular flexibility index (Phi) is 5.88. The van der Waals surface area contributed by atoms with Crippen molar-refractivity contribution in [2.75, 3.05) is 20.3 Å². The van der Waals surface area contributed by atoms with Crippen LogP contribution in [0.5, 0.6) is 0 Å². The fraction of sp³-hybridized carbons (Fsp3) is 0.167. The molecule has 0 saturated carbocycles. The number of ether oxygens (including phenoxy) is 1. The molecule has 1 N–H and O–H groups in total. The fourth-order valence-electron chi connectivity index (χ4n) is 2.33. The largest absolute Gasteiger partial charge is 0.383 e. The molecule has 0 aliphatic heterocycles. The molecule has 1 aromatic heterocycles. The van der Waals surface area contributed by atoms with E-state index >= 15 is 0 Å². The molecule has 0 bridgehead atoms. The van der Waals surface area contributed by atoms with Crippen molar-refractivity contribution in [2.45, 2.75) is 0 Å². The minimum atomic E-state index is -0.377. The normalized spacial score (nSPS) is 10.7. The van der Waals surface area contributed by atoms with Crippen LogP contribution in [0.4, 0.5) is 0 Å². The summed E-state index contributed by atoms with van der Waals surface area (Å²) in [5.41, 5.74) is 1.48. The van der Waals surface area contributed by atoms with Crippen LogP contribution in [-0.2, 0) is 4.74 Å². The van der Waals surface area contributed by atoms with E-state index in [1.807, 2.05) is 12.1 Å². The van der Waals surface area contributed by atoms with Gasteiger partial charge in [-0.2, -0.15) is 0 Å². The quantitative estimate of drug-likeness (QED) is 0.652. The molecule has 1 amide bonds. The lowest BCUT2D eigenvalue weighted by Crippen LogP contribution is -2.28. The summed E-state index contributed by atoms with van der Waals surface area (Å²) in [6, 6.07) is 14.3. The van der Waals surface area contributed by atoms with Crippen LogP contribution in [0.3, 0.4) is 0 Å². The number of nitrogens with one attached hydrogen (secondary N) is 1. The molecule has 0 aliphatic carbocycles. The van der Waals surface area contributed by atoms with E-state index in [4.69, 9.17) is 27.9 Å². The van der Waals surface area contributed by atoms with Crippen LogP contribution in [0.1, 0.15) is 10.6 Å². The molecule has 2 aromatic carbocycles. The molecule has 1 heterocycles. The average molecular weight is 391 g/mol. The van der Waals surface area contributed by atoms with Crippen molar-refractivity contribution in [3.8, 4) is 17.1 Å². The van der Waals surface area contributed by atoms with Crippen molar-refractivity contribution in [1.82, 2.24) is 20.1 Å². The summed E-state index contributed by atoms with van der Waals surface area (Å²) < 4.78 is 6.52. The molecule has 0 spiro atoms. The second kappa shape index (κ2) is 8.31. The number of benzene rings is 2. The average Bonchev–Trinajstić information content (AvgIpc) is 3.08. The first-order chi connectivity index (χ1) is 12.6. The topological polar surface area (TPSA) is 69.0 Å². The standard InChI is InChI=1S/C18H16Cl2N4O2/c1-26-10-9-21-18(25)16-22-17(12-3-2-4-14(20)11-12)24(23-16)15-7-5-13(19)6-8-15/h2-8,11H,9-10H2,1H3,(H,21,25). The van der Waals surface area contributed by atoms with Crippen molar-refractivity contribution in [3.05, 3.63) is 64.4 Å². The molecule has 0 radical (unpaired) electrons. The zero-order valence-corrected chi connectivity index (χ0v) is 15.5. The lowest BCUT2D eigenvalue weighted by Gasteiger charge is -2.06. The predicted molar refractivity (Wildman–Crippen MR) is 101 cm³/mol. The van der Waals surface area contributed by atoms with Crippen molar-refractivity contribution in [1.29, 1.82) is 0 Å². The van der Waals surface area contributed by atoms with Gasteiger partial charge in [-0.25, -0.2) is 9.67 Å². The summed E-state index contributed by atoms with van der Waals surface area (Å²) in [5.74, 6) is 0.191. The lowest BCUT2D eigenvalue weighted by molar-refractivity contribution is 0.0927. The van der Waals surface area contributed by atoms with Crippen LogP contribution in [-0.4, -0.2) is 40.9 Å². The van der Waals surface area contributed by atoms with Crippen LogP contribution in [0.2, 0.25) is 10.0 Å². The number of amides is 1. The van der Waals surface area contributed by atoms with Gasteiger partial charge >= 0.3 is 0 Å². The molecule has 3 aromatic rings. The number of aromatic nitrogens is 3. The minimum absolute atomic E-state index is 0.0611. The third-order valence-corrected chi connectivity index (χ3v) is 4.04. The van der Waals surface area contributed by atoms with Gasteiger partial charge in [-0.15, -0.1) is 5.10 Å². The Labute approximate surface area is 160 Å². The Bertz CT molecular complexity index is 910. The molecular formula is C18H16Cl2N4O2. The molecule has 8 heteroatoms. The fourth-order valence-corrected chi connectivity index (χ4v) is 2.65. The highest BCUT2D eigenvalue weighted by molar-refractivity contribution is 6.31. The Morgan fingerprint density at radius 3 is 2.62 bits per heavy atom. The van der Waals surface area contributed by atoms with Crippen LogP contribution in [0.25, 0.3) is 17.1 Å². The molecule has 3 rings (SSSR count). The summed E-state index contributed by atoms with van der Waals surface area (Å²) in [6.07, 6.45) is 0. The number of carbonyl (C=O) groups is 1. The van der Waals surface area contributed by atoms with E-state index in [-0.39, 0.29) is 11.7 Å². The SMILES string of the molecule is COCCNC(=O)c1nc(-c2cccc(Cl)c2)n(-c2ccc(Cl)cc2)n1. The molecule has 26 heavy (non-hydrogen) atoms. The summed E-state index contributed by atoms with van der Waals surface area (Å²) >= 11 is 12.1. The van der Waals surface area contributed by atoms with Gasteiger partial charge in [0.1, 0.15) is 0 Å². The second-order valence-corrected chi connectivity index (χ2v) is 6.28. The van der Waals surface area contributed by atoms with Gasteiger partial charge in [0.05, 0.1) is 12.3 Å². The molecule has 0 aliphatic rings. The molecule has 6 nitrogen and oxygen atoms in total. The van der Waals surface area contributed by atoms with Crippen LogP contribution >= 0.6 is 23.2 Å². The highest BCUT2D eigenvalue weighted by Gasteiger charge is 2.18. The summed E-state index contributed by atoms with van der Waals surface area (Å²) in [7, 11) is 1.57. The van der Waals surface area contributed by atoms with Gasteiger partial charge in [-0.1, -0.05) is 35.3 Å². The van der Waals surface area contributed by atoms with E-state index in [1.54, 1.807) is 48.2 Å². The summed E-state index contributed by atoms with van der Waals surface area (Å²) in [4.78, 5) is 16.7. The Morgan fingerprint density at radius 1 is 1.15 bits per heavy atom. The van der Waals surface area contributed by atoms with Crippen molar-refractivity contribution in [2.24, 2.45) is 0 Å². The first kappa shape index (κ1) is 18.4. The third kappa shape index (κ3) is 4.22. The maximum Gasteiger partial charge on any atom is 0.291 e. The zero-order valence-electron chi connectivity index (χ0n) is 13.9. The second-order valence-electron chi connectivity index (χ2n) is 5.41. The van der Waals surface area contributed by atoms with Gasteiger partial charge in [-0.05, 0) is 36.4 Å².